The minimum absolute atomic E-state index is 0.317. The molecular weight excluding hydrogens is 314 g/mol. The van der Waals surface area contributed by atoms with Gasteiger partial charge in [0.1, 0.15) is 17.2 Å². The molecule has 0 radical (unpaired) electrons. The third kappa shape index (κ3) is 4.71. The van der Waals surface area contributed by atoms with E-state index in [0.29, 0.717) is 47.6 Å². The van der Waals surface area contributed by atoms with Crippen LogP contribution in [0, 0.1) is 6.92 Å². The van der Waals surface area contributed by atoms with Gasteiger partial charge in [-0.05, 0) is 19.4 Å². The molecule has 2 rings (SSSR count). The van der Waals surface area contributed by atoms with E-state index >= 15 is 0 Å². The summed E-state index contributed by atoms with van der Waals surface area (Å²) in [6.07, 6.45) is 0. The van der Waals surface area contributed by atoms with E-state index in [2.05, 4.69) is 0 Å². The average Bonchev–Trinajstić information content (AvgIpc) is 2.82. The second-order valence-electron chi connectivity index (χ2n) is 4.86. The number of thiophene rings is 1. The summed E-state index contributed by atoms with van der Waals surface area (Å²) >= 11 is 1.25. The van der Waals surface area contributed by atoms with E-state index in [9.17, 15) is 4.79 Å². The Bertz CT molecular complexity index is 640. The number of hydrogen-bond donors (Lipinski definition) is 1. The molecule has 0 saturated heterocycles. The predicted molar refractivity (Wildman–Crippen MR) is 91.0 cm³/mol. The Hall–Kier alpha value is -2.05. The van der Waals surface area contributed by atoms with Gasteiger partial charge in [0.05, 0.1) is 19.8 Å². The highest BCUT2D eigenvalue weighted by molar-refractivity contribution is 7.18. The highest BCUT2D eigenvalue weighted by Crippen LogP contribution is 2.37. The van der Waals surface area contributed by atoms with Gasteiger partial charge in [-0.15, -0.1) is 0 Å². The van der Waals surface area contributed by atoms with E-state index in [1.54, 1.807) is 13.8 Å². The van der Waals surface area contributed by atoms with Gasteiger partial charge < -0.3 is 19.9 Å². The number of rotatable bonds is 8. The van der Waals surface area contributed by atoms with Crippen LogP contribution in [0.25, 0.3) is 0 Å². The Kier molecular flexibility index (Phi) is 6.43. The molecule has 1 heterocycles. The summed E-state index contributed by atoms with van der Waals surface area (Å²) in [4.78, 5) is 11.9. The molecule has 0 spiro atoms. The first-order valence-corrected chi connectivity index (χ1v) is 8.25. The lowest BCUT2D eigenvalue weighted by Crippen LogP contribution is -2.08. The van der Waals surface area contributed by atoms with Crippen molar-refractivity contribution in [2.75, 3.05) is 25.6 Å². The SMILES string of the molecule is CCOC(=O)c1c(N)sc(OCCOCc2ccccc2)c1C. The zero-order valence-electron chi connectivity index (χ0n) is 13.3. The second-order valence-corrected chi connectivity index (χ2v) is 5.88. The third-order valence-corrected chi connectivity index (χ3v) is 4.22. The van der Waals surface area contributed by atoms with Gasteiger partial charge in [-0.3, -0.25) is 0 Å². The van der Waals surface area contributed by atoms with Gasteiger partial charge in [0, 0.05) is 5.56 Å². The van der Waals surface area contributed by atoms with Crippen LogP contribution < -0.4 is 10.5 Å². The standard InChI is InChI=1S/C17H21NO4S/c1-3-21-16(19)14-12(2)17(23-15(14)18)22-10-9-20-11-13-7-5-4-6-8-13/h4-8H,3,9-11,18H2,1-2H3. The van der Waals surface area contributed by atoms with Gasteiger partial charge in [-0.1, -0.05) is 41.7 Å². The van der Waals surface area contributed by atoms with E-state index in [1.807, 2.05) is 30.3 Å². The van der Waals surface area contributed by atoms with Crippen molar-refractivity contribution >= 4 is 22.3 Å². The van der Waals surface area contributed by atoms with E-state index in [4.69, 9.17) is 19.9 Å². The molecule has 0 atom stereocenters. The zero-order chi connectivity index (χ0) is 16.7. The first-order valence-electron chi connectivity index (χ1n) is 7.44. The van der Waals surface area contributed by atoms with Gasteiger partial charge in [0.25, 0.3) is 0 Å². The van der Waals surface area contributed by atoms with Gasteiger partial charge in [-0.2, -0.15) is 0 Å². The average molecular weight is 335 g/mol. The number of carbonyl (C=O) groups is 1. The van der Waals surface area contributed by atoms with Crippen LogP contribution in [-0.2, 0) is 16.1 Å². The molecule has 5 nitrogen and oxygen atoms in total. The summed E-state index contributed by atoms with van der Waals surface area (Å²) in [5.41, 5.74) is 8.12. The fourth-order valence-corrected chi connectivity index (χ4v) is 3.00. The molecule has 0 unspecified atom stereocenters. The van der Waals surface area contributed by atoms with Crippen LogP contribution in [0.15, 0.2) is 30.3 Å². The summed E-state index contributed by atoms with van der Waals surface area (Å²) in [6, 6.07) is 9.94. The molecule has 0 bridgehead atoms. The molecule has 124 valence electrons. The maximum atomic E-state index is 11.9. The molecule has 0 aliphatic carbocycles. The van der Waals surface area contributed by atoms with Crippen LogP contribution in [0.2, 0.25) is 0 Å². The van der Waals surface area contributed by atoms with Crippen LogP contribution in [0.1, 0.15) is 28.4 Å². The van der Waals surface area contributed by atoms with Gasteiger partial charge in [0.15, 0.2) is 5.06 Å². The normalized spacial score (nSPS) is 10.5. The van der Waals surface area contributed by atoms with Crippen LogP contribution in [0.5, 0.6) is 5.06 Å². The van der Waals surface area contributed by atoms with Crippen molar-refractivity contribution in [3.8, 4) is 5.06 Å². The van der Waals surface area contributed by atoms with Crippen LogP contribution in [0.3, 0.4) is 0 Å². The Morgan fingerprint density at radius 3 is 2.65 bits per heavy atom. The Morgan fingerprint density at radius 2 is 1.96 bits per heavy atom. The predicted octanol–water partition coefficient (Wildman–Crippen LogP) is 3.41. The monoisotopic (exact) mass is 335 g/mol. The van der Waals surface area contributed by atoms with Crippen molar-refractivity contribution in [3.05, 3.63) is 47.0 Å². The van der Waals surface area contributed by atoms with Crippen molar-refractivity contribution < 1.29 is 19.0 Å². The van der Waals surface area contributed by atoms with Crippen LogP contribution in [0.4, 0.5) is 5.00 Å². The van der Waals surface area contributed by atoms with Crippen LogP contribution in [-0.4, -0.2) is 25.8 Å². The molecule has 1 aromatic heterocycles. The Morgan fingerprint density at radius 1 is 1.22 bits per heavy atom. The minimum atomic E-state index is -0.408. The third-order valence-electron chi connectivity index (χ3n) is 3.18. The van der Waals surface area contributed by atoms with Crippen LogP contribution >= 0.6 is 11.3 Å². The summed E-state index contributed by atoms with van der Waals surface area (Å²) in [7, 11) is 0. The first-order chi connectivity index (χ1) is 11.1. The van der Waals surface area contributed by atoms with Crippen molar-refractivity contribution in [1.29, 1.82) is 0 Å². The van der Waals surface area contributed by atoms with Gasteiger partial charge >= 0.3 is 5.97 Å². The highest BCUT2D eigenvalue weighted by Gasteiger charge is 2.21. The van der Waals surface area contributed by atoms with Crippen molar-refractivity contribution in [3.63, 3.8) is 0 Å². The molecule has 2 N–H and O–H groups in total. The molecule has 0 fully saturated rings. The number of benzene rings is 1. The highest BCUT2D eigenvalue weighted by atomic mass is 32.1. The number of anilines is 1. The van der Waals surface area contributed by atoms with E-state index in [0.717, 1.165) is 5.56 Å². The number of esters is 1. The molecule has 0 aliphatic rings. The molecule has 0 aliphatic heterocycles. The smallest absolute Gasteiger partial charge is 0.341 e. The lowest BCUT2D eigenvalue weighted by Gasteiger charge is -2.07. The minimum Gasteiger partial charge on any atom is -0.481 e. The number of hydrogen-bond acceptors (Lipinski definition) is 6. The van der Waals surface area contributed by atoms with Gasteiger partial charge in [0.2, 0.25) is 0 Å². The second kappa shape index (κ2) is 8.55. The quantitative estimate of drug-likeness (QED) is 0.591. The van der Waals surface area contributed by atoms with E-state index in [-0.39, 0.29) is 0 Å². The number of ether oxygens (including phenoxy) is 3. The molecule has 0 amide bonds. The summed E-state index contributed by atoms with van der Waals surface area (Å²) < 4.78 is 16.2. The Labute approximate surface area is 140 Å². The molecule has 2 aromatic rings. The fourth-order valence-electron chi connectivity index (χ4n) is 2.07. The van der Waals surface area contributed by atoms with Crippen molar-refractivity contribution in [2.24, 2.45) is 0 Å². The number of nitrogen functional groups attached to an aromatic ring is 1. The maximum absolute atomic E-state index is 11.9. The molecule has 0 saturated carbocycles. The molecule has 6 heteroatoms. The first kappa shape index (κ1) is 17.3. The summed E-state index contributed by atoms with van der Waals surface area (Å²) in [6.45, 7) is 5.29. The molecular formula is C17H21NO4S. The maximum Gasteiger partial charge on any atom is 0.341 e. The van der Waals surface area contributed by atoms with E-state index in [1.165, 1.54) is 11.3 Å². The lowest BCUT2D eigenvalue weighted by molar-refractivity contribution is 0.0526. The lowest BCUT2D eigenvalue weighted by atomic mass is 10.2. The topological polar surface area (TPSA) is 70.8 Å². The molecule has 1 aromatic carbocycles. The largest absolute Gasteiger partial charge is 0.481 e. The number of carbonyl (C=O) groups excluding carboxylic acids is 1. The molecule has 23 heavy (non-hydrogen) atoms. The van der Waals surface area contributed by atoms with Crippen molar-refractivity contribution in [1.82, 2.24) is 0 Å². The fraction of sp³-hybridized carbons (Fsp3) is 0.353. The summed E-state index contributed by atoms with van der Waals surface area (Å²) in [5, 5.41) is 1.05. The summed E-state index contributed by atoms with van der Waals surface area (Å²) in [5.74, 6) is -0.408. The number of nitrogens with two attached hydrogens (primary N) is 1. The van der Waals surface area contributed by atoms with E-state index < -0.39 is 5.97 Å². The Balaban J connectivity index is 1.82. The van der Waals surface area contributed by atoms with Crippen molar-refractivity contribution in [2.45, 2.75) is 20.5 Å². The zero-order valence-corrected chi connectivity index (χ0v) is 14.2. The van der Waals surface area contributed by atoms with Gasteiger partial charge in [-0.25, -0.2) is 4.79 Å².